The Morgan fingerprint density at radius 3 is 2.45 bits per heavy atom. The predicted octanol–water partition coefficient (Wildman–Crippen LogP) is 0.576. The fourth-order valence-corrected chi connectivity index (χ4v) is 2.78. The monoisotopic (exact) mass is 306 g/mol. The van der Waals surface area contributed by atoms with Crippen molar-refractivity contribution in [2.75, 3.05) is 32.0 Å². The number of esters is 1. The SMILES string of the molecule is CC(C)COC(=O)C1CCN(CCCS(N)(=O)=O)CC1. The third kappa shape index (κ3) is 7.21. The van der Waals surface area contributed by atoms with Gasteiger partial charge in [-0.15, -0.1) is 0 Å². The smallest absolute Gasteiger partial charge is 0.309 e. The minimum Gasteiger partial charge on any atom is -0.465 e. The molecule has 1 fully saturated rings. The van der Waals surface area contributed by atoms with Crippen molar-refractivity contribution in [3.8, 4) is 0 Å². The maximum Gasteiger partial charge on any atom is 0.309 e. The zero-order chi connectivity index (χ0) is 15.2. The van der Waals surface area contributed by atoms with E-state index in [9.17, 15) is 13.2 Å². The molecular formula is C13H26N2O4S. The quantitative estimate of drug-likeness (QED) is 0.695. The van der Waals surface area contributed by atoms with Gasteiger partial charge in [-0.25, -0.2) is 13.6 Å². The van der Waals surface area contributed by atoms with Gasteiger partial charge in [0.05, 0.1) is 18.3 Å². The zero-order valence-corrected chi connectivity index (χ0v) is 13.2. The van der Waals surface area contributed by atoms with Crippen molar-refractivity contribution < 1.29 is 17.9 Å². The Morgan fingerprint density at radius 1 is 1.35 bits per heavy atom. The predicted molar refractivity (Wildman–Crippen MR) is 77.6 cm³/mol. The van der Waals surface area contributed by atoms with Gasteiger partial charge in [0.2, 0.25) is 10.0 Å². The first-order chi connectivity index (χ1) is 9.28. The molecule has 0 aliphatic carbocycles. The summed E-state index contributed by atoms with van der Waals surface area (Å²) in [5.41, 5.74) is 0. The molecule has 0 spiro atoms. The minimum absolute atomic E-state index is 0.0109. The lowest BCUT2D eigenvalue weighted by atomic mass is 9.97. The molecule has 2 N–H and O–H groups in total. The highest BCUT2D eigenvalue weighted by Crippen LogP contribution is 2.19. The van der Waals surface area contributed by atoms with Gasteiger partial charge in [0, 0.05) is 0 Å². The van der Waals surface area contributed by atoms with E-state index >= 15 is 0 Å². The number of nitrogens with two attached hydrogens (primary N) is 1. The summed E-state index contributed by atoms with van der Waals surface area (Å²) in [6.07, 6.45) is 2.11. The molecule has 1 saturated heterocycles. The lowest BCUT2D eigenvalue weighted by Crippen LogP contribution is -2.38. The van der Waals surface area contributed by atoms with Gasteiger partial charge in [0.15, 0.2) is 0 Å². The van der Waals surface area contributed by atoms with Crippen LogP contribution >= 0.6 is 0 Å². The molecule has 7 heteroatoms. The van der Waals surface area contributed by atoms with E-state index in [2.05, 4.69) is 4.90 Å². The van der Waals surface area contributed by atoms with Crippen LogP contribution in [0.1, 0.15) is 33.1 Å². The van der Waals surface area contributed by atoms with Crippen LogP contribution in [0.25, 0.3) is 0 Å². The number of hydrogen-bond donors (Lipinski definition) is 1. The second kappa shape index (κ2) is 7.95. The summed E-state index contributed by atoms with van der Waals surface area (Å²) in [7, 11) is -3.37. The maximum atomic E-state index is 11.8. The van der Waals surface area contributed by atoms with Crippen LogP contribution in [0.3, 0.4) is 0 Å². The molecule has 0 atom stereocenters. The average Bonchev–Trinajstić information content (AvgIpc) is 2.35. The maximum absolute atomic E-state index is 11.8. The van der Waals surface area contributed by atoms with Crippen molar-refractivity contribution in [1.29, 1.82) is 0 Å². The number of likely N-dealkylation sites (tertiary alicyclic amines) is 1. The number of carbonyl (C=O) groups is 1. The number of carbonyl (C=O) groups excluding carboxylic acids is 1. The van der Waals surface area contributed by atoms with E-state index < -0.39 is 10.0 Å². The van der Waals surface area contributed by atoms with Crippen LogP contribution in [0.15, 0.2) is 0 Å². The third-order valence-electron chi connectivity index (χ3n) is 3.38. The number of rotatable bonds is 7. The third-order valence-corrected chi connectivity index (χ3v) is 4.24. The summed E-state index contributed by atoms with van der Waals surface area (Å²) in [5, 5.41) is 4.96. The number of nitrogens with zero attached hydrogens (tertiary/aromatic N) is 1. The Morgan fingerprint density at radius 2 is 1.95 bits per heavy atom. The topological polar surface area (TPSA) is 89.7 Å². The first-order valence-electron chi connectivity index (χ1n) is 7.17. The van der Waals surface area contributed by atoms with Crippen molar-refractivity contribution >= 4 is 16.0 Å². The van der Waals surface area contributed by atoms with E-state index in [1.807, 2.05) is 13.8 Å². The van der Waals surface area contributed by atoms with Gasteiger partial charge in [-0.05, 0) is 44.8 Å². The van der Waals surface area contributed by atoms with Gasteiger partial charge in [-0.2, -0.15) is 0 Å². The van der Waals surface area contributed by atoms with E-state index in [0.29, 0.717) is 25.5 Å². The first kappa shape index (κ1) is 17.4. The molecule has 0 saturated carbocycles. The molecule has 1 aliphatic rings. The molecular weight excluding hydrogens is 280 g/mol. The molecule has 1 rings (SSSR count). The van der Waals surface area contributed by atoms with Crippen molar-refractivity contribution in [3.05, 3.63) is 0 Å². The van der Waals surface area contributed by atoms with E-state index in [1.165, 1.54) is 0 Å². The van der Waals surface area contributed by atoms with Crippen molar-refractivity contribution in [2.45, 2.75) is 33.1 Å². The minimum atomic E-state index is -3.37. The van der Waals surface area contributed by atoms with Crippen LogP contribution in [0.4, 0.5) is 0 Å². The molecule has 0 radical (unpaired) electrons. The molecule has 0 bridgehead atoms. The van der Waals surface area contributed by atoms with Gasteiger partial charge in [-0.1, -0.05) is 13.8 Å². The molecule has 20 heavy (non-hydrogen) atoms. The second-order valence-electron chi connectivity index (χ2n) is 5.86. The lowest BCUT2D eigenvalue weighted by molar-refractivity contribution is -0.151. The molecule has 1 aliphatic heterocycles. The van der Waals surface area contributed by atoms with Gasteiger partial charge in [0.25, 0.3) is 0 Å². The lowest BCUT2D eigenvalue weighted by Gasteiger charge is -2.30. The molecule has 118 valence electrons. The molecule has 0 aromatic rings. The highest BCUT2D eigenvalue weighted by Gasteiger charge is 2.26. The summed E-state index contributed by atoms with van der Waals surface area (Å²) in [5.74, 6) is 0.270. The van der Waals surface area contributed by atoms with Crippen LogP contribution in [0, 0.1) is 11.8 Å². The Bertz CT molecular complexity index is 401. The van der Waals surface area contributed by atoms with Crippen molar-refractivity contribution in [3.63, 3.8) is 0 Å². The first-order valence-corrected chi connectivity index (χ1v) is 8.89. The van der Waals surface area contributed by atoms with Gasteiger partial charge < -0.3 is 9.64 Å². The number of piperidine rings is 1. The Hall–Kier alpha value is -0.660. The molecule has 1 heterocycles. The number of ether oxygens (including phenoxy) is 1. The van der Waals surface area contributed by atoms with Crippen molar-refractivity contribution in [1.82, 2.24) is 4.90 Å². The average molecular weight is 306 g/mol. The van der Waals surface area contributed by atoms with Crippen LogP contribution in [0.2, 0.25) is 0 Å². The second-order valence-corrected chi connectivity index (χ2v) is 7.59. The summed E-state index contributed by atoms with van der Waals surface area (Å²) >= 11 is 0. The van der Waals surface area contributed by atoms with Crippen LogP contribution in [-0.2, 0) is 19.6 Å². The fraction of sp³-hybridized carbons (Fsp3) is 0.923. The van der Waals surface area contributed by atoms with Gasteiger partial charge in [-0.3, -0.25) is 4.79 Å². The Labute approximate surface area is 121 Å². The zero-order valence-electron chi connectivity index (χ0n) is 12.4. The van der Waals surface area contributed by atoms with Crippen LogP contribution in [-0.4, -0.2) is 51.3 Å². The van der Waals surface area contributed by atoms with E-state index in [0.717, 1.165) is 25.9 Å². The summed E-state index contributed by atoms with van der Waals surface area (Å²) in [6.45, 7) is 6.85. The van der Waals surface area contributed by atoms with Crippen LogP contribution < -0.4 is 5.14 Å². The van der Waals surface area contributed by atoms with Gasteiger partial charge >= 0.3 is 5.97 Å². The highest BCUT2D eigenvalue weighted by molar-refractivity contribution is 7.89. The van der Waals surface area contributed by atoms with Crippen LogP contribution in [0.5, 0.6) is 0 Å². The van der Waals surface area contributed by atoms with E-state index in [4.69, 9.17) is 9.88 Å². The largest absolute Gasteiger partial charge is 0.465 e. The van der Waals surface area contributed by atoms with Gasteiger partial charge in [0.1, 0.15) is 0 Å². The number of sulfonamides is 1. The molecule has 0 aromatic heterocycles. The summed E-state index contributed by atoms with van der Waals surface area (Å²) < 4.78 is 26.9. The Balaban J connectivity index is 2.21. The number of primary sulfonamides is 1. The molecule has 6 nitrogen and oxygen atoms in total. The highest BCUT2D eigenvalue weighted by atomic mass is 32.2. The fourth-order valence-electron chi connectivity index (χ4n) is 2.25. The normalized spacial score (nSPS) is 18.4. The standard InChI is InChI=1S/C13H26N2O4S/c1-11(2)10-19-13(16)12-4-7-15(8-5-12)6-3-9-20(14,17)18/h11-12H,3-10H2,1-2H3,(H2,14,17,18). The summed E-state index contributed by atoms with van der Waals surface area (Å²) in [6, 6.07) is 0. The van der Waals surface area contributed by atoms with Crippen molar-refractivity contribution in [2.24, 2.45) is 17.0 Å². The van der Waals surface area contributed by atoms with E-state index in [1.54, 1.807) is 0 Å². The number of hydrogen-bond acceptors (Lipinski definition) is 5. The van der Waals surface area contributed by atoms with E-state index in [-0.39, 0.29) is 17.6 Å². The molecule has 0 aromatic carbocycles. The molecule has 0 amide bonds. The molecule has 0 unspecified atom stereocenters. The Kier molecular flexibility index (Phi) is 6.91. The summed E-state index contributed by atoms with van der Waals surface area (Å²) in [4.78, 5) is 14.0.